The number of likely N-dealkylation sites (tertiary alicyclic amines) is 1. The number of nitrogens with two attached hydrogens (primary N) is 1. The summed E-state index contributed by atoms with van der Waals surface area (Å²) in [6, 6.07) is 0. The van der Waals surface area contributed by atoms with Gasteiger partial charge in [-0.1, -0.05) is 0 Å². The average Bonchev–Trinajstić information content (AvgIpc) is 3.00. The fourth-order valence-corrected chi connectivity index (χ4v) is 3.87. The minimum absolute atomic E-state index is 0.0507. The van der Waals surface area contributed by atoms with Crippen LogP contribution in [-0.2, 0) is 11.3 Å². The number of nitrogen functional groups attached to an aromatic ring is 1. The fourth-order valence-electron chi connectivity index (χ4n) is 3.15. The van der Waals surface area contributed by atoms with Gasteiger partial charge in [0, 0.05) is 31.1 Å². The lowest BCUT2D eigenvalue weighted by Crippen LogP contribution is -2.56. The highest BCUT2D eigenvalue weighted by molar-refractivity contribution is 7.14. The second kappa shape index (κ2) is 5.52. The molecule has 6 heteroatoms. The Hall–Kier alpha value is -0.820. The third-order valence-corrected chi connectivity index (χ3v) is 5.20. The molecule has 3 heterocycles. The Morgan fingerprint density at radius 1 is 1.55 bits per heavy atom. The van der Waals surface area contributed by atoms with E-state index in [9.17, 15) is 0 Å². The predicted molar refractivity (Wildman–Crippen MR) is 80.9 cm³/mol. The monoisotopic (exact) mass is 297 g/mol. The summed E-state index contributed by atoms with van der Waals surface area (Å²) in [5.74, 6) is 0.947. The summed E-state index contributed by atoms with van der Waals surface area (Å²) in [5, 5.41) is 5.03. The Morgan fingerprint density at radius 3 is 3.15 bits per heavy atom. The van der Waals surface area contributed by atoms with Gasteiger partial charge in [0.15, 0.2) is 5.75 Å². The number of methoxy groups -OCH3 is 1. The highest BCUT2D eigenvalue weighted by atomic mass is 32.1. The SMILES string of the molecule is COCCN1CCC[C@](C)(N2Cc3c(csc3N)O2)C1. The molecule has 5 nitrogen and oxygen atoms in total. The molecular formula is C14H23N3O2S. The van der Waals surface area contributed by atoms with Gasteiger partial charge in [0.05, 0.1) is 23.7 Å². The molecule has 1 aromatic heterocycles. The Bertz CT molecular complexity index is 479. The highest BCUT2D eigenvalue weighted by Crippen LogP contribution is 2.42. The maximum atomic E-state index is 6.03. The molecule has 2 aliphatic rings. The van der Waals surface area contributed by atoms with Crippen molar-refractivity contribution in [2.45, 2.75) is 31.8 Å². The summed E-state index contributed by atoms with van der Waals surface area (Å²) >= 11 is 1.57. The molecule has 3 rings (SSSR count). The minimum atomic E-state index is 0.0507. The number of rotatable bonds is 4. The zero-order valence-electron chi connectivity index (χ0n) is 12.2. The Morgan fingerprint density at radius 2 is 2.40 bits per heavy atom. The Labute approximate surface area is 124 Å². The summed E-state index contributed by atoms with van der Waals surface area (Å²) in [7, 11) is 1.76. The molecule has 0 aromatic carbocycles. The summed E-state index contributed by atoms with van der Waals surface area (Å²) in [6.45, 7) is 7.04. The maximum absolute atomic E-state index is 6.03. The van der Waals surface area contributed by atoms with Crippen molar-refractivity contribution >= 4 is 16.3 Å². The van der Waals surface area contributed by atoms with Gasteiger partial charge in [-0.2, -0.15) is 0 Å². The smallest absolute Gasteiger partial charge is 0.164 e. The van der Waals surface area contributed by atoms with Crippen molar-refractivity contribution in [3.8, 4) is 5.75 Å². The molecule has 20 heavy (non-hydrogen) atoms. The molecule has 0 amide bonds. The van der Waals surface area contributed by atoms with Crippen LogP contribution in [0, 0.1) is 0 Å². The summed E-state index contributed by atoms with van der Waals surface area (Å²) in [6.07, 6.45) is 2.35. The van der Waals surface area contributed by atoms with Crippen molar-refractivity contribution < 1.29 is 9.57 Å². The summed E-state index contributed by atoms with van der Waals surface area (Å²) in [4.78, 5) is 8.49. The van der Waals surface area contributed by atoms with E-state index >= 15 is 0 Å². The molecule has 0 saturated carbocycles. The van der Waals surface area contributed by atoms with E-state index in [2.05, 4.69) is 16.9 Å². The molecule has 1 fully saturated rings. The van der Waals surface area contributed by atoms with Crippen LogP contribution in [-0.4, -0.2) is 48.9 Å². The third kappa shape index (κ3) is 2.53. The first-order chi connectivity index (χ1) is 9.62. The Balaban J connectivity index is 1.67. The van der Waals surface area contributed by atoms with Crippen LogP contribution in [0.2, 0.25) is 0 Å². The molecule has 0 radical (unpaired) electrons. The lowest BCUT2D eigenvalue weighted by Gasteiger charge is -2.44. The molecule has 1 saturated heterocycles. The van der Waals surface area contributed by atoms with E-state index in [0.29, 0.717) is 0 Å². The average molecular weight is 297 g/mol. The molecule has 1 aromatic rings. The van der Waals surface area contributed by atoms with Crippen LogP contribution < -0.4 is 10.6 Å². The van der Waals surface area contributed by atoms with Gasteiger partial charge >= 0.3 is 0 Å². The number of piperidine rings is 1. The summed E-state index contributed by atoms with van der Waals surface area (Å²) < 4.78 is 5.19. The molecule has 0 bridgehead atoms. The lowest BCUT2D eigenvalue weighted by atomic mass is 9.90. The number of anilines is 1. The normalized spacial score (nSPS) is 27.5. The van der Waals surface area contributed by atoms with Crippen molar-refractivity contribution in [3.63, 3.8) is 0 Å². The number of hydroxylamine groups is 2. The van der Waals surface area contributed by atoms with E-state index in [1.54, 1.807) is 18.4 Å². The second-order valence-corrected chi connectivity index (χ2v) is 6.85. The second-order valence-electron chi connectivity index (χ2n) is 5.94. The van der Waals surface area contributed by atoms with Crippen LogP contribution in [0.1, 0.15) is 25.3 Å². The third-order valence-electron chi connectivity index (χ3n) is 4.37. The van der Waals surface area contributed by atoms with Crippen molar-refractivity contribution in [3.05, 3.63) is 10.9 Å². The van der Waals surface area contributed by atoms with Crippen molar-refractivity contribution in [2.24, 2.45) is 0 Å². The maximum Gasteiger partial charge on any atom is 0.164 e. The van der Waals surface area contributed by atoms with Crippen molar-refractivity contribution in [1.29, 1.82) is 0 Å². The van der Waals surface area contributed by atoms with Crippen LogP contribution in [0.5, 0.6) is 5.75 Å². The van der Waals surface area contributed by atoms with Crippen LogP contribution in [0.15, 0.2) is 5.38 Å². The van der Waals surface area contributed by atoms with Gasteiger partial charge in [-0.25, -0.2) is 0 Å². The molecule has 0 unspecified atom stereocenters. The van der Waals surface area contributed by atoms with Gasteiger partial charge in [0.2, 0.25) is 0 Å². The first-order valence-corrected chi connectivity index (χ1v) is 8.03. The number of ether oxygens (including phenoxy) is 1. The minimum Gasteiger partial charge on any atom is -0.404 e. The molecular weight excluding hydrogens is 274 g/mol. The molecule has 1 atom stereocenters. The zero-order valence-corrected chi connectivity index (χ0v) is 13.0. The standard InChI is InChI=1S/C14H23N3O2S/c1-14(4-3-5-16(10-14)6-7-18-2)17-8-11-12(19-17)9-20-13(11)15/h9H,3-8,10,15H2,1-2H3/t14-/m0/s1. The first-order valence-electron chi connectivity index (χ1n) is 7.15. The zero-order chi connectivity index (χ0) is 14.2. The quantitative estimate of drug-likeness (QED) is 0.920. The molecule has 2 aliphatic heterocycles. The number of fused-ring (bicyclic) bond motifs is 1. The van der Waals surface area contributed by atoms with E-state index in [-0.39, 0.29) is 5.54 Å². The van der Waals surface area contributed by atoms with Crippen LogP contribution >= 0.6 is 11.3 Å². The van der Waals surface area contributed by atoms with Gasteiger partial charge < -0.3 is 15.3 Å². The lowest BCUT2D eigenvalue weighted by molar-refractivity contribution is -0.150. The van der Waals surface area contributed by atoms with Gasteiger partial charge in [0.25, 0.3) is 0 Å². The van der Waals surface area contributed by atoms with E-state index in [1.807, 2.05) is 5.38 Å². The van der Waals surface area contributed by atoms with Gasteiger partial charge in [-0.3, -0.25) is 4.90 Å². The number of thiophene rings is 1. The van der Waals surface area contributed by atoms with E-state index in [0.717, 1.165) is 55.5 Å². The molecule has 2 N–H and O–H groups in total. The summed E-state index contributed by atoms with van der Waals surface area (Å²) in [5.41, 5.74) is 7.21. The van der Waals surface area contributed by atoms with Gasteiger partial charge in [-0.15, -0.1) is 16.4 Å². The first kappa shape index (κ1) is 14.1. The van der Waals surface area contributed by atoms with Crippen LogP contribution in [0.3, 0.4) is 0 Å². The Kier molecular flexibility index (Phi) is 3.90. The molecule has 112 valence electrons. The van der Waals surface area contributed by atoms with Crippen LogP contribution in [0.25, 0.3) is 0 Å². The highest BCUT2D eigenvalue weighted by Gasteiger charge is 2.42. The number of hydrogen-bond acceptors (Lipinski definition) is 6. The fraction of sp³-hybridized carbons (Fsp3) is 0.714. The van der Waals surface area contributed by atoms with Crippen molar-refractivity contribution in [1.82, 2.24) is 9.96 Å². The van der Waals surface area contributed by atoms with E-state index in [4.69, 9.17) is 15.3 Å². The van der Waals surface area contributed by atoms with E-state index in [1.165, 1.54) is 6.42 Å². The van der Waals surface area contributed by atoms with Crippen molar-refractivity contribution in [2.75, 3.05) is 39.1 Å². The van der Waals surface area contributed by atoms with Crippen LogP contribution in [0.4, 0.5) is 5.00 Å². The topological polar surface area (TPSA) is 51.0 Å². The number of nitrogens with zero attached hydrogens (tertiary/aromatic N) is 2. The largest absolute Gasteiger partial charge is 0.404 e. The van der Waals surface area contributed by atoms with Gasteiger partial charge in [0.1, 0.15) is 0 Å². The molecule has 0 spiro atoms. The predicted octanol–water partition coefficient (Wildman–Crippen LogP) is 1.94. The number of hydrogen-bond donors (Lipinski definition) is 1. The van der Waals surface area contributed by atoms with Gasteiger partial charge in [-0.05, 0) is 26.3 Å². The van der Waals surface area contributed by atoms with E-state index < -0.39 is 0 Å². The molecule has 0 aliphatic carbocycles.